The second-order valence-corrected chi connectivity index (χ2v) is 30.5. The Morgan fingerprint density at radius 3 is 0.731 bits per heavy atom. The number of unbranched alkanes of at least 4 members (excludes halogenated alkanes) is 43. The molecule has 5 atom stereocenters. The topological polar surface area (TPSA) is 237 Å². The molecule has 0 bridgehead atoms. The first-order valence-corrected chi connectivity index (χ1v) is 41.5. The van der Waals surface area contributed by atoms with E-state index < -0.39 is 97.5 Å². The van der Waals surface area contributed by atoms with Gasteiger partial charge in [0.1, 0.15) is 19.3 Å². The first kappa shape index (κ1) is 91.1. The molecule has 0 saturated heterocycles. The number of hydrogen-bond donors (Lipinski definition) is 3. The van der Waals surface area contributed by atoms with Crippen molar-refractivity contribution < 1.29 is 80.2 Å². The number of phosphoric ester groups is 2. The summed E-state index contributed by atoms with van der Waals surface area (Å²) in [7, 11) is -9.89. The Morgan fingerprint density at radius 1 is 0.290 bits per heavy atom. The molecule has 0 heterocycles. The number of aliphatic hydroxyl groups excluding tert-OH is 1. The number of ether oxygens (including phenoxy) is 4. The van der Waals surface area contributed by atoms with Crippen molar-refractivity contribution in [1.29, 1.82) is 0 Å². The monoisotopic (exact) mass is 1370 g/mol. The third-order valence-electron chi connectivity index (χ3n) is 17.2. The summed E-state index contributed by atoms with van der Waals surface area (Å²) in [5.41, 5.74) is 0. The molecular weight excluding hydrogens is 1220 g/mol. The molecule has 0 saturated carbocycles. The molecule has 0 aromatic heterocycles. The van der Waals surface area contributed by atoms with Crippen molar-refractivity contribution in [3.8, 4) is 0 Å². The van der Waals surface area contributed by atoms with Gasteiger partial charge in [-0.3, -0.25) is 37.3 Å². The van der Waals surface area contributed by atoms with Crippen LogP contribution in [0.25, 0.3) is 0 Å². The summed E-state index contributed by atoms with van der Waals surface area (Å²) >= 11 is 0. The molecule has 0 amide bonds. The predicted molar refractivity (Wildman–Crippen MR) is 377 cm³/mol. The van der Waals surface area contributed by atoms with Gasteiger partial charge in [0.25, 0.3) is 0 Å². The Balaban J connectivity index is 5.10. The number of esters is 4. The van der Waals surface area contributed by atoms with Gasteiger partial charge < -0.3 is 33.8 Å². The van der Waals surface area contributed by atoms with Gasteiger partial charge in [0, 0.05) is 25.7 Å². The largest absolute Gasteiger partial charge is 0.472 e. The molecule has 0 rings (SSSR count). The summed E-state index contributed by atoms with van der Waals surface area (Å²) in [5, 5.41) is 10.6. The smallest absolute Gasteiger partial charge is 0.462 e. The Labute approximate surface area is 568 Å². The molecule has 2 unspecified atom stereocenters. The van der Waals surface area contributed by atoms with Crippen molar-refractivity contribution >= 4 is 39.5 Å². The van der Waals surface area contributed by atoms with Crippen LogP contribution in [-0.4, -0.2) is 96.7 Å². The number of phosphoric acid groups is 2. The van der Waals surface area contributed by atoms with Crippen molar-refractivity contribution in [2.24, 2.45) is 11.8 Å². The third-order valence-corrected chi connectivity index (χ3v) is 19.1. The van der Waals surface area contributed by atoms with Crippen LogP contribution in [0, 0.1) is 11.8 Å². The maximum Gasteiger partial charge on any atom is 0.472 e. The van der Waals surface area contributed by atoms with Crippen LogP contribution in [0.3, 0.4) is 0 Å². The molecule has 93 heavy (non-hydrogen) atoms. The number of carbonyl (C=O) groups excluding carboxylic acids is 4. The fraction of sp³-hybridized carbons (Fsp3) is 0.946. The van der Waals surface area contributed by atoms with E-state index in [1.165, 1.54) is 193 Å². The van der Waals surface area contributed by atoms with Gasteiger partial charge in [-0.25, -0.2) is 9.13 Å². The van der Waals surface area contributed by atoms with Crippen molar-refractivity contribution in [1.82, 2.24) is 0 Å². The number of aliphatic hydroxyl groups is 1. The zero-order chi connectivity index (χ0) is 68.6. The van der Waals surface area contributed by atoms with Gasteiger partial charge in [0.05, 0.1) is 26.4 Å². The highest BCUT2D eigenvalue weighted by molar-refractivity contribution is 7.47. The van der Waals surface area contributed by atoms with Crippen molar-refractivity contribution in [2.45, 2.75) is 400 Å². The number of rotatable bonds is 73. The lowest BCUT2D eigenvalue weighted by molar-refractivity contribution is -0.161. The lowest BCUT2D eigenvalue weighted by Crippen LogP contribution is -2.30. The molecule has 0 aliphatic rings. The first-order chi connectivity index (χ1) is 44.9. The maximum absolute atomic E-state index is 13.1. The minimum absolute atomic E-state index is 0.105. The number of carbonyl (C=O) groups is 4. The van der Waals surface area contributed by atoms with Gasteiger partial charge in [0.15, 0.2) is 12.2 Å². The quantitative estimate of drug-likeness (QED) is 0.0222. The SMILES string of the molecule is CCCCCCCCCCCC(=O)O[C@H](COC(=O)CCCCCCC)COP(=O)(O)OC[C@H](O)COP(=O)(O)OC[C@@H](COC(=O)CCCCCCCCCCCCCCCCCC(C)C)OC(=O)CCCCCCCCCCCCCCCCCCCCC(C)C. The van der Waals surface area contributed by atoms with Crippen LogP contribution in [0.1, 0.15) is 382 Å². The third kappa shape index (κ3) is 68.4. The van der Waals surface area contributed by atoms with Crippen LogP contribution in [0.15, 0.2) is 0 Å². The zero-order valence-electron chi connectivity index (χ0n) is 60.6. The lowest BCUT2D eigenvalue weighted by atomic mass is 10.0. The van der Waals surface area contributed by atoms with Crippen molar-refractivity contribution in [2.75, 3.05) is 39.6 Å². The van der Waals surface area contributed by atoms with Crippen molar-refractivity contribution in [3.05, 3.63) is 0 Å². The molecule has 552 valence electrons. The highest BCUT2D eigenvalue weighted by atomic mass is 31.2. The number of hydrogen-bond acceptors (Lipinski definition) is 15. The second kappa shape index (κ2) is 66.0. The molecule has 0 aromatic rings. The van der Waals surface area contributed by atoms with E-state index in [9.17, 15) is 43.2 Å². The Hall–Kier alpha value is -1.94. The molecule has 0 aliphatic carbocycles. The molecule has 0 fully saturated rings. The van der Waals surface area contributed by atoms with E-state index in [1.807, 2.05) is 0 Å². The minimum atomic E-state index is -4.95. The summed E-state index contributed by atoms with van der Waals surface area (Å²) in [4.78, 5) is 72.3. The van der Waals surface area contributed by atoms with E-state index >= 15 is 0 Å². The van der Waals surface area contributed by atoms with Crippen LogP contribution in [-0.2, 0) is 65.4 Å². The predicted octanol–water partition coefficient (Wildman–Crippen LogP) is 21.6. The normalized spacial score (nSPS) is 14.1. The average Bonchev–Trinajstić information content (AvgIpc) is 2.56. The highest BCUT2D eigenvalue weighted by Crippen LogP contribution is 2.45. The fourth-order valence-electron chi connectivity index (χ4n) is 11.3. The second-order valence-electron chi connectivity index (χ2n) is 27.6. The Kier molecular flexibility index (Phi) is 64.6. The van der Waals surface area contributed by atoms with E-state index in [2.05, 4.69) is 41.5 Å². The van der Waals surface area contributed by atoms with Gasteiger partial charge in [-0.15, -0.1) is 0 Å². The van der Waals surface area contributed by atoms with Crippen molar-refractivity contribution in [3.63, 3.8) is 0 Å². The molecule has 17 nitrogen and oxygen atoms in total. The summed E-state index contributed by atoms with van der Waals surface area (Å²) in [6.07, 6.45) is 53.3. The first-order valence-electron chi connectivity index (χ1n) is 38.5. The standard InChI is InChI=1S/C74H144O17P2/c1-7-9-11-13-14-32-40-46-52-58-73(78)90-69(62-84-71(76)56-50-42-12-10-8-2)64-88-92(80,81)86-60-68(75)61-87-93(82,83)89-65-70(63-85-72(77)57-51-45-39-35-30-26-23-19-21-25-29-34-38-44-49-55-67(5)6)91-74(79)59-53-47-41-36-31-27-22-18-16-15-17-20-24-28-33-37-43-48-54-66(3)4/h66-70,75H,7-65H2,1-6H3,(H,80,81)(H,82,83)/t68-,69+,70+/m0/s1. The molecule has 0 spiro atoms. The fourth-order valence-corrected chi connectivity index (χ4v) is 12.9. The van der Waals surface area contributed by atoms with Crippen LogP contribution in [0.2, 0.25) is 0 Å². The van der Waals surface area contributed by atoms with Crippen LogP contribution in [0.4, 0.5) is 0 Å². The van der Waals surface area contributed by atoms with E-state index in [0.717, 1.165) is 108 Å². The zero-order valence-corrected chi connectivity index (χ0v) is 62.3. The highest BCUT2D eigenvalue weighted by Gasteiger charge is 2.30. The summed E-state index contributed by atoms with van der Waals surface area (Å²) in [6.45, 7) is 9.53. The molecule has 3 N–H and O–H groups in total. The molecule has 0 radical (unpaired) electrons. The van der Waals surface area contributed by atoms with Crippen LogP contribution >= 0.6 is 15.6 Å². The minimum Gasteiger partial charge on any atom is -0.462 e. The van der Waals surface area contributed by atoms with Crippen LogP contribution in [0.5, 0.6) is 0 Å². The summed E-state index contributed by atoms with van der Waals surface area (Å²) in [6, 6.07) is 0. The Bertz CT molecular complexity index is 1800. The summed E-state index contributed by atoms with van der Waals surface area (Å²) < 4.78 is 68.1. The lowest BCUT2D eigenvalue weighted by Gasteiger charge is -2.21. The van der Waals surface area contributed by atoms with Gasteiger partial charge in [-0.2, -0.15) is 0 Å². The average molecular weight is 1370 g/mol. The Morgan fingerprint density at radius 2 is 0.495 bits per heavy atom. The molecule has 19 heteroatoms. The van der Waals surface area contributed by atoms with Gasteiger partial charge in [-0.1, -0.05) is 330 Å². The van der Waals surface area contributed by atoms with Gasteiger partial charge in [0.2, 0.25) is 0 Å². The molecule has 0 aromatic carbocycles. The maximum atomic E-state index is 13.1. The van der Waals surface area contributed by atoms with E-state index in [0.29, 0.717) is 25.7 Å². The van der Waals surface area contributed by atoms with Gasteiger partial charge >= 0.3 is 39.5 Å². The van der Waals surface area contributed by atoms with Gasteiger partial charge in [-0.05, 0) is 37.5 Å². The molecular formula is C74H144O17P2. The van der Waals surface area contributed by atoms with E-state index in [1.54, 1.807) is 0 Å². The van der Waals surface area contributed by atoms with E-state index in [-0.39, 0.29) is 25.7 Å². The summed E-state index contributed by atoms with van der Waals surface area (Å²) in [5.74, 6) is -0.505. The molecule has 0 aliphatic heterocycles. The van der Waals surface area contributed by atoms with Crippen LogP contribution < -0.4 is 0 Å². The van der Waals surface area contributed by atoms with E-state index in [4.69, 9.17) is 37.0 Å².